The summed E-state index contributed by atoms with van der Waals surface area (Å²) >= 11 is 1.09. The van der Waals surface area contributed by atoms with Gasteiger partial charge in [-0.3, -0.25) is 0 Å². The number of para-hydroxylation sites is 2. The minimum atomic E-state index is -1.10. The number of allylic oxidation sites excluding steroid dienone is 1. The van der Waals surface area contributed by atoms with E-state index < -0.39 is 23.6 Å². The first-order valence-corrected chi connectivity index (χ1v) is 9.47. The number of nitrogens with one attached hydrogen (secondary N) is 1. The number of esters is 1. The van der Waals surface area contributed by atoms with Crippen molar-refractivity contribution in [3.05, 3.63) is 70.8 Å². The smallest absolute Gasteiger partial charge is 0.349 e. The lowest BCUT2D eigenvalue weighted by Crippen LogP contribution is -2.18. The number of benzene rings is 2. The molecule has 0 amide bonds. The SMILES string of the molecule is C[C@H](OC(=O)c1cc2c(F)cccc2s1)/C(O)=C(\C#N)c1nc2ccccc2[nH]1. The van der Waals surface area contributed by atoms with E-state index in [4.69, 9.17) is 4.74 Å². The molecule has 0 radical (unpaired) electrons. The van der Waals surface area contributed by atoms with Crippen LogP contribution in [0.3, 0.4) is 0 Å². The standard InChI is InChI=1S/C21H14FN3O3S/c1-11(28-21(27)18-9-12-14(22)5-4-8-17(12)29-18)19(26)13(10-23)20-24-15-6-2-3-7-16(15)25-20/h2-9,11,26H,1H3,(H,24,25)/b19-13-/t11-/m0/s1. The van der Waals surface area contributed by atoms with Crippen molar-refractivity contribution >= 4 is 44.0 Å². The molecule has 4 aromatic rings. The highest BCUT2D eigenvalue weighted by molar-refractivity contribution is 7.20. The van der Waals surface area contributed by atoms with Crippen molar-refractivity contribution in [3.8, 4) is 6.07 Å². The number of hydrogen-bond acceptors (Lipinski definition) is 6. The topological polar surface area (TPSA) is 99.0 Å². The number of halogens is 1. The third-order valence-electron chi connectivity index (χ3n) is 4.37. The Kier molecular flexibility index (Phi) is 4.74. The van der Waals surface area contributed by atoms with E-state index >= 15 is 0 Å². The highest BCUT2D eigenvalue weighted by atomic mass is 32.1. The van der Waals surface area contributed by atoms with E-state index in [0.29, 0.717) is 21.1 Å². The molecule has 144 valence electrons. The third-order valence-corrected chi connectivity index (χ3v) is 5.45. The Morgan fingerprint density at radius 2 is 2.10 bits per heavy atom. The lowest BCUT2D eigenvalue weighted by Gasteiger charge is -2.12. The summed E-state index contributed by atoms with van der Waals surface area (Å²) in [4.78, 5) is 19.9. The van der Waals surface area contributed by atoms with Crippen molar-refractivity contribution in [1.82, 2.24) is 9.97 Å². The van der Waals surface area contributed by atoms with Crippen LogP contribution in [-0.2, 0) is 4.74 Å². The van der Waals surface area contributed by atoms with E-state index in [1.807, 2.05) is 12.1 Å². The average Bonchev–Trinajstić information content (AvgIpc) is 3.33. The van der Waals surface area contributed by atoms with Gasteiger partial charge in [-0.25, -0.2) is 14.2 Å². The first kappa shape index (κ1) is 18.7. The number of hydrogen-bond donors (Lipinski definition) is 2. The van der Waals surface area contributed by atoms with Gasteiger partial charge in [0.15, 0.2) is 17.7 Å². The number of aromatic nitrogens is 2. The molecular weight excluding hydrogens is 393 g/mol. The summed E-state index contributed by atoms with van der Waals surface area (Å²) < 4.78 is 19.8. The minimum Gasteiger partial charge on any atom is -0.507 e. The summed E-state index contributed by atoms with van der Waals surface area (Å²) in [6.07, 6.45) is -1.10. The molecule has 0 bridgehead atoms. The molecule has 2 aromatic carbocycles. The van der Waals surface area contributed by atoms with Gasteiger partial charge in [-0.05, 0) is 37.3 Å². The zero-order chi connectivity index (χ0) is 20.5. The van der Waals surface area contributed by atoms with Crippen LogP contribution in [-0.4, -0.2) is 27.1 Å². The average molecular weight is 407 g/mol. The van der Waals surface area contributed by atoms with E-state index in [9.17, 15) is 19.6 Å². The minimum absolute atomic E-state index is 0.121. The molecule has 8 heteroatoms. The monoisotopic (exact) mass is 407 g/mol. The number of rotatable bonds is 4. The molecule has 0 saturated heterocycles. The number of ether oxygens (including phenoxy) is 1. The predicted molar refractivity (Wildman–Crippen MR) is 108 cm³/mol. The summed E-state index contributed by atoms with van der Waals surface area (Å²) in [5.74, 6) is -1.39. The first-order chi connectivity index (χ1) is 14.0. The molecule has 2 aromatic heterocycles. The van der Waals surface area contributed by atoms with Gasteiger partial charge >= 0.3 is 5.97 Å². The number of aliphatic hydroxyl groups excluding tert-OH is 1. The van der Waals surface area contributed by atoms with Crippen molar-refractivity contribution in [3.63, 3.8) is 0 Å². The first-order valence-electron chi connectivity index (χ1n) is 8.65. The molecule has 0 fully saturated rings. The number of H-pyrrole nitrogens is 1. The fraction of sp³-hybridized carbons (Fsp3) is 0.0952. The molecule has 0 aliphatic rings. The fourth-order valence-electron chi connectivity index (χ4n) is 2.91. The lowest BCUT2D eigenvalue weighted by atomic mass is 10.1. The van der Waals surface area contributed by atoms with Crippen molar-refractivity contribution in [1.29, 1.82) is 5.26 Å². The number of carbonyl (C=O) groups excluding carboxylic acids is 1. The molecule has 0 spiro atoms. The summed E-state index contributed by atoms with van der Waals surface area (Å²) in [6.45, 7) is 1.45. The van der Waals surface area contributed by atoms with Crippen LogP contribution in [0.25, 0.3) is 26.7 Å². The number of imidazole rings is 1. The van der Waals surface area contributed by atoms with Crippen LogP contribution in [0, 0.1) is 17.1 Å². The molecule has 0 aliphatic carbocycles. The molecule has 29 heavy (non-hydrogen) atoms. The fourth-order valence-corrected chi connectivity index (χ4v) is 3.86. The summed E-state index contributed by atoms with van der Waals surface area (Å²) in [5, 5.41) is 20.3. The quantitative estimate of drug-likeness (QED) is 0.283. The van der Waals surface area contributed by atoms with Crippen LogP contribution in [0.2, 0.25) is 0 Å². The number of thiophene rings is 1. The Morgan fingerprint density at radius 3 is 2.83 bits per heavy atom. The number of aliphatic hydroxyl groups is 1. The van der Waals surface area contributed by atoms with Gasteiger partial charge in [0, 0.05) is 10.1 Å². The van der Waals surface area contributed by atoms with Gasteiger partial charge in [0.05, 0.1) is 11.0 Å². The maximum Gasteiger partial charge on any atom is 0.349 e. The van der Waals surface area contributed by atoms with Gasteiger partial charge in [0.25, 0.3) is 0 Å². The van der Waals surface area contributed by atoms with Crippen LogP contribution in [0.4, 0.5) is 4.39 Å². The number of nitriles is 1. The predicted octanol–water partition coefficient (Wildman–Crippen LogP) is 4.95. The normalized spacial score (nSPS) is 13.1. The summed E-state index contributed by atoms with van der Waals surface area (Å²) in [5.41, 5.74) is 1.23. The van der Waals surface area contributed by atoms with Gasteiger partial charge in [-0.2, -0.15) is 5.26 Å². The maximum atomic E-state index is 13.8. The number of nitrogens with zero attached hydrogens (tertiary/aromatic N) is 2. The summed E-state index contributed by atoms with van der Waals surface area (Å²) in [7, 11) is 0. The van der Waals surface area contributed by atoms with Gasteiger partial charge in [0.1, 0.15) is 22.3 Å². The van der Waals surface area contributed by atoms with E-state index in [1.54, 1.807) is 30.3 Å². The van der Waals surface area contributed by atoms with Crippen molar-refractivity contribution in [2.75, 3.05) is 0 Å². The Hall–Kier alpha value is -3.70. The number of aromatic amines is 1. The lowest BCUT2D eigenvalue weighted by molar-refractivity contribution is 0.0340. The van der Waals surface area contributed by atoms with Crippen molar-refractivity contribution < 1.29 is 19.0 Å². The molecule has 6 nitrogen and oxygen atoms in total. The Morgan fingerprint density at radius 1 is 1.31 bits per heavy atom. The molecule has 0 aliphatic heterocycles. The van der Waals surface area contributed by atoms with Crippen LogP contribution in [0.1, 0.15) is 22.4 Å². The van der Waals surface area contributed by atoms with E-state index in [-0.39, 0.29) is 16.3 Å². The third kappa shape index (κ3) is 3.44. The Bertz CT molecular complexity index is 1280. The molecule has 4 rings (SSSR count). The highest BCUT2D eigenvalue weighted by Crippen LogP contribution is 2.29. The van der Waals surface area contributed by atoms with Gasteiger partial charge in [0.2, 0.25) is 0 Å². The zero-order valence-corrected chi connectivity index (χ0v) is 16.0. The van der Waals surface area contributed by atoms with Crippen LogP contribution >= 0.6 is 11.3 Å². The molecular formula is C21H14FN3O3S. The Labute approximate surface area is 168 Å². The van der Waals surface area contributed by atoms with Crippen LogP contribution in [0.15, 0.2) is 54.3 Å². The van der Waals surface area contributed by atoms with Gasteiger partial charge in [-0.15, -0.1) is 11.3 Å². The van der Waals surface area contributed by atoms with E-state index in [1.165, 1.54) is 19.1 Å². The number of fused-ring (bicyclic) bond motifs is 2. The molecule has 1 atom stereocenters. The maximum absolute atomic E-state index is 13.8. The molecule has 2 N–H and O–H groups in total. The molecule has 0 saturated carbocycles. The second-order valence-electron chi connectivity index (χ2n) is 6.28. The van der Waals surface area contributed by atoms with E-state index in [2.05, 4.69) is 9.97 Å². The van der Waals surface area contributed by atoms with E-state index in [0.717, 1.165) is 11.3 Å². The van der Waals surface area contributed by atoms with Crippen molar-refractivity contribution in [2.24, 2.45) is 0 Å². The molecule has 2 heterocycles. The van der Waals surface area contributed by atoms with Gasteiger partial charge < -0.3 is 14.8 Å². The Balaban J connectivity index is 1.61. The second-order valence-corrected chi connectivity index (χ2v) is 7.37. The second kappa shape index (κ2) is 7.37. The van der Waals surface area contributed by atoms with Crippen LogP contribution in [0.5, 0.6) is 0 Å². The highest BCUT2D eigenvalue weighted by Gasteiger charge is 2.23. The largest absolute Gasteiger partial charge is 0.507 e. The van der Waals surface area contributed by atoms with Crippen molar-refractivity contribution in [2.45, 2.75) is 13.0 Å². The molecule has 0 unspecified atom stereocenters. The zero-order valence-electron chi connectivity index (χ0n) is 15.1. The number of carbonyl (C=O) groups is 1. The summed E-state index contributed by atoms with van der Waals surface area (Å²) in [6, 6.07) is 15.1. The van der Waals surface area contributed by atoms with Gasteiger partial charge in [-0.1, -0.05) is 18.2 Å². The van der Waals surface area contributed by atoms with Crippen LogP contribution < -0.4 is 0 Å².